The molecule has 1 aromatic carbocycles. The van der Waals surface area contributed by atoms with Gasteiger partial charge in [0.25, 0.3) is 0 Å². The lowest BCUT2D eigenvalue weighted by Crippen LogP contribution is -2.24. The van der Waals surface area contributed by atoms with E-state index in [1.807, 2.05) is 18.2 Å². The Morgan fingerprint density at radius 3 is 2.88 bits per heavy atom. The largest absolute Gasteiger partial charge is 0.465 e. The number of furan rings is 1. The van der Waals surface area contributed by atoms with E-state index in [4.69, 9.17) is 13.9 Å². The molecule has 0 amide bonds. The van der Waals surface area contributed by atoms with Gasteiger partial charge < -0.3 is 19.2 Å². The zero-order valence-electron chi connectivity index (χ0n) is 14.1. The van der Waals surface area contributed by atoms with Crippen molar-refractivity contribution >= 4 is 5.97 Å². The van der Waals surface area contributed by atoms with Crippen LogP contribution in [0.1, 0.15) is 40.0 Å². The molecule has 0 bridgehead atoms. The van der Waals surface area contributed by atoms with Gasteiger partial charge in [-0.25, -0.2) is 4.79 Å². The molecule has 1 N–H and O–H groups in total. The molecule has 1 aliphatic rings. The van der Waals surface area contributed by atoms with Crippen molar-refractivity contribution in [3.63, 3.8) is 0 Å². The van der Waals surface area contributed by atoms with Crippen LogP contribution in [0.15, 0.2) is 40.8 Å². The maximum Gasteiger partial charge on any atom is 0.341 e. The number of methoxy groups -OCH3 is 1. The number of ether oxygens (including phenoxy) is 2. The smallest absolute Gasteiger partial charge is 0.341 e. The molecule has 0 aliphatic carbocycles. The number of aryl methyl sites for hydroxylation is 1. The van der Waals surface area contributed by atoms with Crippen LogP contribution in [0.4, 0.5) is 0 Å². The van der Waals surface area contributed by atoms with Crippen molar-refractivity contribution in [2.24, 2.45) is 5.92 Å². The molecular weight excluding hydrogens is 306 g/mol. The molecule has 0 spiro atoms. The first-order valence-electron chi connectivity index (χ1n) is 8.24. The first-order valence-corrected chi connectivity index (χ1v) is 8.24. The lowest BCUT2D eigenvalue weighted by atomic mass is 9.95. The van der Waals surface area contributed by atoms with Crippen LogP contribution in [-0.2, 0) is 16.0 Å². The van der Waals surface area contributed by atoms with Crippen LogP contribution in [0, 0.1) is 12.8 Å². The van der Waals surface area contributed by atoms with Crippen LogP contribution < -0.4 is 5.32 Å². The standard InChI is InChI=1S/C19H23NO4/c1-13-17(19(21)22-2)10-16(24-13)12-20-11-15-8-9-23-18(15)14-6-4-3-5-7-14/h3-7,10,15,18,20H,8-9,11-12H2,1-2H3/t15-,18-/m0/s1. The third-order valence-corrected chi connectivity index (χ3v) is 4.42. The summed E-state index contributed by atoms with van der Waals surface area (Å²) in [6, 6.07) is 12.1. The number of hydrogen-bond donors (Lipinski definition) is 1. The molecular formula is C19H23NO4. The summed E-state index contributed by atoms with van der Waals surface area (Å²) in [5.41, 5.74) is 1.71. The van der Waals surface area contributed by atoms with E-state index in [0.29, 0.717) is 23.8 Å². The fourth-order valence-electron chi connectivity index (χ4n) is 3.18. The molecule has 0 saturated carbocycles. The predicted octanol–water partition coefficient (Wildman–Crippen LogP) is 3.24. The Kier molecular flexibility index (Phi) is 5.33. The Balaban J connectivity index is 1.55. The highest BCUT2D eigenvalue weighted by molar-refractivity contribution is 5.90. The van der Waals surface area contributed by atoms with Crippen LogP contribution in [0.3, 0.4) is 0 Å². The van der Waals surface area contributed by atoms with E-state index in [9.17, 15) is 4.79 Å². The highest BCUT2D eigenvalue weighted by Crippen LogP contribution is 2.33. The molecule has 0 unspecified atom stereocenters. The molecule has 1 saturated heterocycles. The molecule has 1 fully saturated rings. The Morgan fingerprint density at radius 1 is 1.33 bits per heavy atom. The minimum Gasteiger partial charge on any atom is -0.465 e. The molecule has 2 aromatic rings. The quantitative estimate of drug-likeness (QED) is 0.825. The molecule has 24 heavy (non-hydrogen) atoms. The molecule has 1 aromatic heterocycles. The first kappa shape index (κ1) is 16.7. The van der Waals surface area contributed by atoms with E-state index in [-0.39, 0.29) is 12.1 Å². The predicted molar refractivity (Wildman–Crippen MR) is 89.7 cm³/mol. The van der Waals surface area contributed by atoms with E-state index in [1.165, 1.54) is 12.7 Å². The second-order valence-corrected chi connectivity index (χ2v) is 6.06. The Hall–Kier alpha value is -2.11. The van der Waals surface area contributed by atoms with Crippen molar-refractivity contribution in [3.8, 4) is 0 Å². The van der Waals surface area contributed by atoms with Gasteiger partial charge in [0.15, 0.2) is 0 Å². The third-order valence-electron chi connectivity index (χ3n) is 4.42. The topological polar surface area (TPSA) is 60.7 Å². The first-order chi connectivity index (χ1) is 11.7. The maximum absolute atomic E-state index is 11.6. The number of nitrogens with one attached hydrogen (secondary N) is 1. The van der Waals surface area contributed by atoms with Crippen molar-refractivity contribution in [3.05, 3.63) is 59.0 Å². The molecule has 1 aliphatic heterocycles. The molecule has 128 valence electrons. The normalized spacial score (nSPS) is 20.2. The Bertz CT molecular complexity index is 680. The van der Waals surface area contributed by atoms with E-state index in [1.54, 1.807) is 13.0 Å². The van der Waals surface area contributed by atoms with E-state index in [2.05, 4.69) is 17.4 Å². The van der Waals surface area contributed by atoms with Gasteiger partial charge in [-0.05, 0) is 25.0 Å². The van der Waals surface area contributed by atoms with Gasteiger partial charge in [-0.3, -0.25) is 0 Å². The number of benzene rings is 1. The second-order valence-electron chi connectivity index (χ2n) is 6.06. The summed E-state index contributed by atoms with van der Waals surface area (Å²) in [6.45, 7) is 3.98. The van der Waals surface area contributed by atoms with Gasteiger partial charge in [0.2, 0.25) is 0 Å². The molecule has 2 heterocycles. The highest BCUT2D eigenvalue weighted by atomic mass is 16.5. The summed E-state index contributed by atoms with van der Waals surface area (Å²) < 4.78 is 16.3. The molecule has 5 nitrogen and oxygen atoms in total. The SMILES string of the molecule is COC(=O)c1cc(CNC[C@@H]2CCO[C@H]2c2ccccc2)oc1C. The lowest BCUT2D eigenvalue weighted by molar-refractivity contribution is 0.0599. The highest BCUT2D eigenvalue weighted by Gasteiger charge is 2.29. The fourth-order valence-corrected chi connectivity index (χ4v) is 3.18. The van der Waals surface area contributed by atoms with E-state index < -0.39 is 0 Å². The van der Waals surface area contributed by atoms with Gasteiger partial charge in [-0.1, -0.05) is 30.3 Å². The molecule has 0 radical (unpaired) electrons. The van der Waals surface area contributed by atoms with E-state index >= 15 is 0 Å². The maximum atomic E-state index is 11.6. The summed E-state index contributed by atoms with van der Waals surface area (Å²) in [7, 11) is 1.37. The van der Waals surface area contributed by atoms with Crippen LogP contribution in [0.2, 0.25) is 0 Å². The van der Waals surface area contributed by atoms with Crippen molar-refractivity contribution < 1.29 is 18.7 Å². The van der Waals surface area contributed by atoms with Crippen molar-refractivity contribution in [2.75, 3.05) is 20.3 Å². The summed E-state index contributed by atoms with van der Waals surface area (Å²) in [5.74, 6) is 1.40. The summed E-state index contributed by atoms with van der Waals surface area (Å²) in [4.78, 5) is 11.6. The second kappa shape index (κ2) is 7.64. The van der Waals surface area contributed by atoms with Crippen molar-refractivity contribution in [1.29, 1.82) is 0 Å². The molecule has 3 rings (SSSR count). The summed E-state index contributed by atoms with van der Waals surface area (Å²) in [6.07, 6.45) is 1.18. The third kappa shape index (κ3) is 3.68. The van der Waals surface area contributed by atoms with E-state index in [0.717, 1.165) is 25.3 Å². The summed E-state index contributed by atoms with van der Waals surface area (Å²) >= 11 is 0. The number of carbonyl (C=O) groups is 1. The minimum absolute atomic E-state index is 0.141. The van der Waals surface area contributed by atoms with Crippen molar-refractivity contribution in [1.82, 2.24) is 5.32 Å². The average Bonchev–Trinajstić information content (AvgIpc) is 3.22. The fraction of sp³-hybridized carbons (Fsp3) is 0.421. The Labute approximate surface area is 141 Å². The van der Waals surface area contributed by atoms with Gasteiger partial charge in [-0.2, -0.15) is 0 Å². The number of carbonyl (C=O) groups excluding carboxylic acids is 1. The number of rotatable bonds is 6. The zero-order chi connectivity index (χ0) is 16.9. The zero-order valence-corrected chi connectivity index (χ0v) is 14.1. The van der Waals surface area contributed by atoms with Gasteiger partial charge >= 0.3 is 5.97 Å². The minimum atomic E-state index is -0.365. The van der Waals surface area contributed by atoms with Crippen molar-refractivity contribution in [2.45, 2.75) is 26.0 Å². The Morgan fingerprint density at radius 2 is 2.12 bits per heavy atom. The van der Waals surface area contributed by atoms with Gasteiger partial charge in [0.05, 0.1) is 19.8 Å². The van der Waals surface area contributed by atoms with Gasteiger partial charge in [-0.15, -0.1) is 0 Å². The van der Waals surface area contributed by atoms with Crippen LogP contribution in [0.25, 0.3) is 0 Å². The number of esters is 1. The van der Waals surface area contributed by atoms with Crippen LogP contribution >= 0.6 is 0 Å². The van der Waals surface area contributed by atoms with Crippen LogP contribution in [0.5, 0.6) is 0 Å². The summed E-state index contributed by atoms with van der Waals surface area (Å²) in [5, 5.41) is 3.41. The van der Waals surface area contributed by atoms with Gasteiger partial charge in [0, 0.05) is 19.1 Å². The average molecular weight is 329 g/mol. The monoisotopic (exact) mass is 329 g/mol. The molecule has 5 heteroatoms. The van der Waals surface area contributed by atoms with Gasteiger partial charge in [0.1, 0.15) is 17.1 Å². The van der Waals surface area contributed by atoms with Crippen LogP contribution in [-0.4, -0.2) is 26.2 Å². The molecule has 2 atom stereocenters. The lowest BCUT2D eigenvalue weighted by Gasteiger charge is -2.19. The number of hydrogen-bond acceptors (Lipinski definition) is 5.